The van der Waals surface area contributed by atoms with Crippen molar-refractivity contribution >= 4 is 11.4 Å². The van der Waals surface area contributed by atoms with E-state index >= 15 is 0 Å². The van der Waals surface area contributed by atoms with E-state index in [9.17, 15) is 0 Å². The first-order valence-corrected chi connectivity index (χ1v) is 3.92. The zero-order chi connectivity index (χ0) is 8.39. The number of anilines is 2. The van der Waals surface area contributed by atoms with Crippen LogP contribution >= 0.6 is 0 Å². The normalized spacial score (nSPS) is 14.4. The van der Waals surface area contributed by atoms with Crippen LogP contribution < -0.4 is 10.2 Å². The predicted molar refractivity (Wildman–Crippen MR) is 47.9 cm³/mol. The molecule has 60 valence electrons. The van der Waals surface area contributed by atoms with Crippen molar-refractivity contribution in [2.45, 2.75) is 0 Å². The minimum absolute atomic E-state index is 0.757. The highest BCUT2D eigenvalue weighted by atomic mass is 15.2. The molecule has 0 aromatic heterocycles. The van der Waals surface area contributed by atoms with Crippen molar-refractivity contribution in [1.82, 2.24) is 0 Å². The Bertz CT molecular complexity index is 327. The average molecular weight is 159 g/mol. The molecular formula is C9H9N3. The molecule has 0 fully saturated rings. The van der Waals surface area contributed by atoms with Crippen molar-refractivity contribution < 1.29 is 0 Å². The third kappa shape index (κ3) is 0.978. The van der Waals surface area contributed by atoms with Crippen molar-refractivity contribution in [3.63, 3.8) is 0 Å². The van der Waals surface area contributed by atoms with E-state index in [1.807, 2.05) is 24.3 Å². The lowest BCUT2D eigenvalue weighted by molar-refractivity contribution is 0.929. The zero-order valence-corrected chi connectivity index (χ0v) is 6.62. The van der Waals surface area contributed by atoms with Crippen LogP contribution in [0.1, 0.15) is 0 Å². The van der Waals surface area contributed by atoms with Crippen LogP contribution in [0.2, 0.25) is 0 Å². The smallest absolute Gasteiger partial charge is 0.184 e. The molecule has 2 rings (SSSR count). The summed E-state index contributed by atoms with van der Waals surface area (Å²) in [4.78, 5) is 1.70. The SMILES string of the molecule is N#CN1CCNc2ccccc21. The third-order valence-electron chi connectivity index (χ3n) is 1.97. The number of nitrogens with zero attached hydrogens (tertiary/aromatic N) is 2. The second kappa shape index (κ2) is 2.74. The lowest BCUT2D eigenvalue weighted by atomic mass is 10.2. The van der Waals surface area contributed by atoms with Crippen molar-refractivity contribution in [2.24, 2.45) is 0 Å². The largest absolute Gasteiger partial charge is 0.382 e. The van der Waals surface area contributed by atoms with Gasteiger partial charge in [-0.25, -0.2) is 0 Å². The van der Waals surface area contributed by atoms with Gasteiger partial charge in [-0.3, -0.25) is 4.90 Å². The maximum absolute atomic E-state index is 8.79. The Kier molecular flexibility index (Phi) is 1.60. The molecule has 0 saturated heterocycles. The van der Waals surface area contributed by atoms with Crippen LogP contribution in [-0.4, -0.2) is 13.1 Å². The number of nitrogens with one attached hydrogen (secondary N) is 1. The van der Waals surface area contributed by atoms with E-state index in [-0.39, 0.29) is 0 Å². The molecule has 0 amide bonds. The van der Waals surface area contributed by atoms with E-state index in [0.717, 1.165) is 24.5 Å². The molecule has 1 aliphatic heterocycles. The maximum Gasteiger partial charge on any atom is 0.184 e. The third-order valence-corrected chi connectivity index (χ3v) is 1.97. The minimum atomic E-state index is 0.757. The summed E-state index contributed by atoms with van der Waals surface area (Å²) in [5, 5.41) is 12.0. The molecule has 1 N–H and O–H groups in total. The van der Waals surface area contributed by atoms with Crippen LogP contribution in [0.3, 0.4) is 0 Å². The Morgan fingerprint density at radius 2 is 2.25 bits per heavy atom. The summed E-state index contributed by atoms with van der Waals surface area (Å²) in [6, 6.07) is 7.84. The lowest BCUT2D eigenvalue weighted by Crippen LogP contribution is -2.29. The number of hydrogen-bond donors (Lipinski definition) is 1. The van der Waals surface area contributed by atoms with Gasteiger partial charge in [-0.15, -0.1) is 0 Å². The van der Waals surface area contributed by atoms with E-state index < -0.39 is 0 Å². The number of para-hydroxylation sites is 2. The molecule has 0 spiro atoms. The van der Waals surface area contributed by atoms with Crippen LogP contribution in [0.25, 0.3) is 0 Å². The fraction of sp³-hybridized carbons (Fsp3) is 0.222. The summed E-state index contributed by atoms with van der Waals surface area (Å²) < 4.78 is 0. The van der Waals surface area contributed by atoms with E-state index in [1.54, 1.807) is 4.90 Å². The Balaban J connectivity index is 2.45. The summed E-state index contributed by atoms with van der Waals surface area (Å²) >= 11 is 0. The molecule has 1 aromatic carbocycles. The number of nitriles is 1. The molecule has 0 unspecified atom stereocenters. The molecule has 3 nitrogen and oxygen atoms in total. The second-order valence-electron chi connectivity index (χ2n) is 2.70. The molecule has 1 aliphatic rings. The van der Waals surface area contributed by atoms with Gasteiger partial charge in [0, 0.05) is 6.54 Å². The zero-order valence-electron chi connectivity index (χ0n) is 6.62. The van der Waals surface area contributed by atoms with Gasteiger partial charge in [0.2, 0.25) is 0 Å². The van der Waals surface area contributed by atoms with Gasteiger partial charge >= 0.3 is 0 Å². The summed E-state index contributed by atoms with van der Waals surface area (Å²) in [6.07, 6.45) is 2.15. The first kappa shape index (κ1) is 6.99. The fourth-order valence-electron chi connectivity index (χ4n) is 1.39. The van der Waals surface area contributed by atoms with Crippen molar-refractivity contribution in [1.29, 1.82) is 5.26 Å². The summed E-state index contributed by atoms with van der Waals surface area (Å²) in [5.74, 6) is 0. The summed E-state index contributed by atoms with van der Waals surface area (Å²) in [7, 11) is 0. The number of benzene rings is 1. The van der Waals surface area contributed by atoms with Crippen LogP contribution in [0, 0.1) is 11.5 Å². The van der Waals surface area contributed by atoms with Crippen LogP contribution in [0.15, 0.2) is 24.3 Å². The summed E-state index contributed by atoms with van der Waals surface area (Å²) in [5.41, 5.74) is 2.02. The van der Waals surface area contributed by atoms with Gasteiger partial charge in [0.05, 0.1) is 17.9 Å². The summed E-state index contributed by atoms with van der Waals surface area (Å²) in [6.45, 7) is 1.60. The highest BCUT2D eigenvalue weighted by Gasteiger charge is 2.13. The Morgan fingerprint density at radius 1 is 1.42 bits per heavy atom. The predicted octanol–water partition coefficient (Wildman–Crippen LogP) is 1.40. The average Bonchev–Trinajstić information content (AvgIpc) is 2.17. The lowest BCUT2D eigenvalue weighted by Gasteiger charge is -2.25. The van der Waals surface area contributed by atoms with E-state index in [0.29, 0.717) is 0 Å². The molecule has 12 heavy (non-hydrogen) atoms. The Labute approximate surface area is 71.2 Å². The van der Waals surface area contributed by atoms with Gasteiger partial charge in [0.15, 0.2) is 6.19 Å². The van der Waals surface area contributed by atoms with E-state index in [2.05, 4.69) is 11.5 Å². The fourth-order valence-corrected chi connectivity index (χ4v) is 1.39. The maximum atomic E-state index is 8.79. The van der Waals surface area contributed by atoms with Crippen molar-refractivity contribution in [3.8, 4) is 6.19 Å². The molecular weight excluding hydrogens is 150 g/mol. The molecule has 0 bridgehead atoms. The highest BCUT2D eigenvalue weighted by molar-refractivity contribution is 5.73. The van der Waals surface area contributed by atoms with Crippen molar-refractivity contribution in [2.75, 3.05) is 23.3 Å². The molecule has 0 saturated carbocycles. The first-order chi connectivity index (χ1) is 5.92. The van der Waals surface area contributed by atoms with Gasteiger partial charge in [0.25, 0.3) is 0 Å². The van der Waals surface area contributed by atoms with E-state index in [1.165, 1.54) is 0 Å². The van der Waals surface area contributed by atoms with Gasteiger partial charge in [0.1, 0.15) is 0 Å². The topological polar surface area (TPSA) is 39.1 Å². The van der Waals surface area contributed by atoms with Crippen LogP contribution in [0.4, 0.5) is 11.4 Å². The second-order valence-corrected chi connectivity index (χ2v) is 2.70. The van der Waals surface area contributed by atoms with Gasteiger partial charge in [-0.05, 0) is 12.1 Å². The molecule has 0 radical (unpaired) electrons. The van der Waals surface area contributed by atoms with Crippen molar-refractivity contribution in [3.05, 3.63) is 24.3 Å². The number of hydrogen-bond acceptors (Lipinski definition) is 3. The van der Waals surface area contributed by atoms with Crippen LogP contribution in [0.5, 0.6) is 0 Å². The number of fused-ring (bicyclic) bond motifs is 1. The molecule has 0 atom stereocenters. The van der Waals surface area contributed by atoms with Gasteiger partial charge in [-0.1, -0.05) is 12.1 Å². The first-order valence-electron chi connectivity index (χ1n) is 3.92. The molecule has 3 heteroatoms. The van der Waals surface area contributed by atoms with Gasteiger partial charge in [-0.2, -0.15) is 5.26 Å². The highest BCUT2D eigenvalue weighted by Crippen LogP contribution is 2.27. The molecule has 1 heterocycles. The monoisotopic (exact) mass is 159 g/mol. The molecule has 1 aromatic rings. The quantitative estimate of drug-likeness (QED) is 0.581. The minimum Gasteiger partial charge on any atom is -0.382 e. The van der Waals surface area contributed by atoms with E-state index in [4.69, 9.17) is 5.26 Å². The Hall–Kier alpha value is -1.69. The van der Waals surface area contributed by atoms with Gasteiger partial charge < -0.3 is 5.32 Å². The number of rotatable bonds is 0. The van der Waals surface area contributed by atoms with Crippen LogP contribution in [-0.2, 0) is 0 Å². The molecule has 0 aliphatic carbocycles. The standard InChI is InChI=1S/C9H9N3/c10-7-12-6-5-11-8-3-1-2-4-9(8)12/h1-4,11H,5-6H2. The Morgan fingerprint density at radius 3 is 3.08 bits per heavy atom.